The number of carbonyl (C=O) groups excluding carboxylic acids is 2. The van der Waals surface area contributed by atoms with Crippen LogP contribution in [-0.4, -0.2) is 43.0 Å². The van der Waals surface area contributed by atoms with Gasteiger partial charge in [-0.2, -0.15) is 0 Å². The van der Waals surface area contributed by atoms with Crippen LogP contribution < -0.4 is 15.8 Å². The van der Waals surface area contributed by atoms with Gasteiger partial charge in [-0.15, -0.1) is 0 Å². The van der Waals surface area contributed by atoms with Crippen LogP contribution in [0.1, 0.15) is 17.3 Å². The maximum absolute atomic E-state index is 12.5. The van der Waals surface area contributed by atoms with E-state index in [1.54, 1.807) is 25.1 Å². The van der Waals surface area contributed by atoms with Crippen molar-refractivity contribution in [1.82, 2.24) is 10.2 Å². The first kappa shape index (κ1) is 13.2. The lowest BCUT2D eigenvalue weighted by atomic mass is 10.1. The van der Waals surface area contributed by atoms with Crippen LogP contribution in [0.4, 0.5) is 5.69 Å². The monoisotopic (exact) mass is 263 g/mol. The number of nitrogens with one attached hydrogen (secondary N) is 1. The van der Waals surface area contributed by atoms with E-state index in [0.29, 0.717) is 30.1 Å². The summed E-state index contributed by atoms with van der Waals surface area (Å²) in [6.07, 6.45) is 0. The van der Waals surface area contributed by atoms with Crippen LogP contribution in [0.15, 0.2) is 18.2 Å². The van der Waals surface area contributed by atoms with Gasteiger partial charge in [-0.3, -0.25) is 9.59 Å². The quantitative estimate of drug-likeness (QED) is 0.748. The predicted octanol–water partition coefficient (Wildman–Crippen LogP) is 0.238. The van der Waals surface area contributed by atoms with Crippen molar-refractivity contribution in [2.45, 2.75) is 13.0 Å². The maximum Gasteiger partial charge on any atom is 0.258 e. The van der Waals surface area contributed by atoms with Crippen molar-refractivity contribution >= 4 is 17.5 Å². The van der Waals surface area contributed by atoms with Crippen LogP contribution in [0, 0.1) is 0 Å². The molecule has 1 unspecified atom stereocenters. The van der Waals surface area contributed by atoms with Gasteiger partial charge in [0.25, 0.3) is 5.91 Å². The Kier molecular flexibility index (Phi) is 3.59. The summed E-state index contributed by atoms with van der Waals surface area (Å²) in [7, 11) is 1.48. The number of hydrogen-bond acceptors (Lipinski definition) is 4. The summed E-state index contributed by atoms with van der Waals surface area (Å²) < 4.78 is 5.17. The molecule has 1 saturated heterocycles. The third kappa shape index (κ3) is 2.47. The summed E-state index contributed by atoms with van der Waals surface area (Å²) in [6, 6.07) is 4.38. The van der Waals surface area contributed by atoms with Gasteiger partial charge in [0.1, 0.15) is 11.8 Å². The number of benzene rings is 1. The molecular weight excluding hydrogens is 246 g/mol. The van der Waals surface area contributed by atoms with E-state index in [9.17, 15) is 9.59 Å². The number of anilines is 1. The second-order valence-electron chi connectivity index (χ2n) is 4.43. The van der Waals surface area contributed by atoms with E-state index in [0.717, 1.165) is 0 Å². The van der Waals surface area contributed by atoms with Gasteiger partial charge >= 0.3 is 0 Å². The summed E-state index contributed by atoms with van der Waals surface area (Å²) in [4.78, 5) is 25.6. The molecule has 102 valence electrons. The van der Waals surface area contributed by atoms with Gasteiger partial charge in [-0.05, 0) is 19.1 Å². The SMILES string of the molecule is COc1cc(N)ccc1C(=O)N1CCNC(=O)C1C. The molecule has 2 amide bonds. The number of piperazine rings is 1. The minimum absolute atomic E-state index is 0.144. The molecule has 1 fully saturated rings. The smallest absolute Gasteiger partial charge is 0.258 e. The number of nitrogens with two attached hydrogens (primary N) is 1. The van der Waals surface area contributed by atoms with E-state index in [1.807, 2.05) is 0 Å². The Morgan fingerprint density at radius 1 is 1.53 bits per heavy atom. The number of hydrogen-bond donors (Lipinski definition) is 2. The number of nitrogens with zero attached hydrogens (tertiary/aromatic N) is 1. The number of nitrogen functional groups attached to an aromatic ring is 1. The Morgan fingerprint density at radius 3 is 2.95 bits per heavy atom. The Bertz CT molecular complexity index is 516. The minimum Gasteiger partial charge on any atom is -0.496 e. The van der Waals surface area contributed by atoms with Crippen LogP contribution in [0.25, 0.3) is 0 Å². The molecule has 6 nitrogen and oxygen atoms in total. The maximum atomic E-state index is 12.5. The number of methoxy groups -OCH3 is 1. The first-order valence-corrected chi connectivity index (χ1v) is 6.06. The normalized spacial score (nSPS) is 18.9. The Hall–Kier alpha value is -2.24. The molecule has 19 heavy (non-hydrogen) atoms. The van der Waals surface area contributed by atoms with Gasteiger partial charge in [0.15, 0.2) is 0 Å². The third-order valence-corrected chi connectivity index (χ3v) is 3.22. The Morgan fingerprint density at radius 2 is 2.26 bits per heavy atom. The molecule has 0 radical (unpaired) electrons. The molecule has 0 bridgehead atoms. The topological polar surface area (TPSA) is 84.7 Å². The zero-order valence-corrected chi connectivity index (χ0v) is 11.0. The van der Waals surface area contributed by atoms with Crippen molar-refractivity contribution in [3.05, 3.63) is 23.8 Å². The van der Waals surface area contributed by atoms with Crippen LogP contribution in [0.3, 0.4) is 0 Å². The molecule has 1 aliphatic rings. The van der Waals surface area contributed by atoms with Crippen molar-refractivity contribution in [3.63, 3.8) is 0 Å². The number of amides is 2. The first-order chi connectivity index (χ1) is 9.04. The van der Waals surface area contributed by atoms with Crippen molar-refractivity contribution in [3.8, 4) is 5.75 Å². The van der Waals surface area contributed by atoms with Crippen LogP contribution in [0.5, 0.6) is 5.75 Å². The molecule has 0 aromatic heterocycles. The number of carbonyl (C=O) groups is 2. The van der Waals surface area contributed by atoms with Crippen molar-refractivity contribution in [1.29, 1.82) is 0 Å². The van der Waals surface area contributed by atoms with Crippen LogP contribution in [0.2, 0.25) is 0 Å². The fourth-order valence-corrected chi connectivity index (χ4v) is 2.10. The molecule has 1 aromatic carbocycles. The van der Waals surface area contributed by atoms with Crippen molar-refractivity contribution in [2.24, 2.45) is 0 Å². The summed E-state index contributed by atoms with van der Waals surface area (Å²) in [5, 5.41) is 2.72. The van der Waals surface area contributed by atoms with E-state index < -0.39 is 6.04 Å². The highest BCUT2D eigenvalue weighted by atomic mass is 16.5. The van der Waals surface area contributed by atoms with Crippen molar-refractivity contribution in [2.75, 3.05) is 25.9 Å². The lowest BCUT2D eigenvalue weighted by Gasteiger charge is -2.33. The molecule has 1 atom stereocenters. The van der Waals surface area contributed by atoms with Gasteiger partial charge in [-0.1, -0.05) is 0 Å². The van der Waals surface area contributed by atoms with Crippen LogP contribution >= 0.6 is 0 Å². The number of ether oxygens (including phenoxy) is 1. The molecular formula is C13H17N3O3. The summed E-state index contributed by atoms with van der Waals surface area (Å²) >= 11 is 0. The molecule has 0 saturated carbocycles. The fraction of sp³-hybridized carbons (Fsp3) is 0.385. The minimum atomic E-state index is -0.483. The Balaban J connectivity index is 2.31. The van der Waals surface area contributed by atoms with Gasteiger partial charge in [-0.25, -0.2) is 0 Å². The van der Waals surface area contributed by atoms with E-state index in [2.05, 4.69) is 5.32 Å². The van der Waals surface area contributed by atoms with Crippen LogP contribution in [-0.2, 0) is 4.79 Å². The van der Waals surface area contributed by atoms with Gasteiger partial charge in [0.2, 0.25) is 5.91 Å². The lowest BCUT2D eigenvalue weighted by molar-refractivity contribution is -0.127. The number of rotatable bonds is 2. The average molecular weight is 263 g/mol. The van der Waals surface area contributed by atoms with E-state index >= 15 is 0 Å². The molecule has 6 heteroatoms. The van der Waals surface area contributed by atoms with E-state index in [-0.39, 0.29) is 11.8 Å². The molecule has 1 aromatic rings. The lowest BCUT2D eigenvalue weighted by Crippen LogP contribution is -2.55. The van der Waals surface area contributed by atoms with Crippen molar-refractivity contribution < 1.29 is 14.3 Å². The Labute approximate surface area is 111 Å². The zero-order chi connectivity index (χ0) is 14.0. The van der Waals surface area contributed by atoms with Gasteiger partial charge < -0.3 is 20.7 Å². The largest absolute Gasteiger partial charge is 0.496 e. The van der Waals surface area contributed by atoms with E-state index in [4.69, 9.17) is 10.5 Å². The molecule has 1 aliphatic heterocycles. The summed E-state index contributed by atoms with van der Waals surface area (Å²) in [6.45, 7) is 2.65. The molecule has 2 rings (SSSR count). The molecule has 3 N–H and O–H groups in total. The zero-order valence-electron chi connectivity index (χ0n) is 11.0. The molecule has 0 spiro atoms. The second-order valence-corrected chi connectivity index (χ2v) is 4.43. The standard InChI is InChI=1S/C13H17N3O3/c1-8-12(17)15-5-6-16(8)13(18)10-4-3-9(14)7-11(10)19-2/h3-4,7-8H,5-6,14H2,1-2H3,(H,15,17). The third-order valence-electron chi connectivity index (χ3n) is 3.22. The van der Waals surface area contributed by atoms with Gasteiger partial charge in [0, 0.05) is 24.8 Å². The highest BCUT2D eigenvalue weighted by Crippen LogP contribution is 2.24. The second kappa shape index (κ2) is 5.17. The molecule has 0 aliphatic carbocycles. The van der Waals surface area contributed by atoms with E-state index in [1.165, 1.54) is 12.0 Å². The summed E-state index contributed by atoms with van der Waals surface area (Å²) in [5.41, 5.74) is 6.60. The van der Waals surface area contributed by atoms with Gasteiger partial charge in [0.05, 0.1) is 12.7 Å². The highest BCUT2D eigenvalue weighted by molar-refractivity contribution is 6.00. The predicted molar refractivity (Wildman–Crippen MR) is 70.9 cm³/mol. The highest BCUT2D eigenvalue weighted by Gasteiger charge is 2.31. The first-order valence-electron chi connectivity index (χ1n) is 6.06. The fourth-order valence-electron chi connectivity index (χ4n) is 2.10. The summed E-state index contributed by atoms with van der Waals surface area (Å²) in [5.74, 6) is 0.0522. The average Bonchev–Trinajstić information content (AvgIpc) is 2.41. The molecule has 1 heterocycles.